The van der Waals surface area contributed by atoms with Gasteiger partial charge in [-0.05, 0) is 30.0 Å². The third-order valence-electron chi connectivity index (χ3n) is 4.37. The molecule has 0 aliphatic heterocycles. The molecule has 0 saturated heterocycles. The first-order valence-electron chi connectivity index (χ1n) is 9.36. The Balaban J connectivity index is 1.69. The molecule has 0 unspecified atom stereocenters. The second-order valence-electron chi connectivity index (χ2n) is 7.58. The zero-order chi connectivity index (χ0) is 21.0. The number of aromatic nitrogens is 4. The van der Waals surface area contributed by atoms with E-state index in [1.54, 1.807) is 12.1 Å². The van der Waals surface area contributed by atoms with Gasteiger partial charge in [-0.2, -0.15) is 0 Å². The molecule has 0 bridgehead atoms. The van der Waals surface area contributed by atoms with Crippen molar-refractivity contribution >= 4 is 35.1 Å². The molecular formula is C21H24ClN5OS. The van der Waals surface area contributed by atoms with E-state index in [2.05, 4.69) is 65.5 Å². The molecule has 1 aromatic carbocycles. The molecule has 29 heavy (non-hydrogen) atoms. The summed E-state index contributed by atoms with van der Waals surface area (Å²) in [7, 11) is 0. The molecule has 1 N–H and O–H groups in total. The predicted octanol–water partition coefficient (Wildman–Crippen LogP) is 5.04. The van der Waals surface area contributed by atoms with Crippen LogP contribution in [0.4, 0.5) is 5.82 Å². The minimum Gasteiger partial charge on any atom is -0.310 e. The van der Waals surface area contributed by atoms with Crippen LogP contribution in [-0.4, -0.2) is 31.4 Å². The van der Waals surface area contributed by atoms with Crippen molar-refractivity contribution in [1.82, 2.24) is 19.7 Å². The lowest BCUT2D eigenvalue weighted by atomic mass is 9.87. The van der Waals surface area contributed by atoms with Crippen LogP contribution in [0, 0.1) is 0 Å². The van der Waals surface area contributed by atoms with Crippen LogP contribution in [0.2, 0.25) is 5.02 Å². The molecule has 2 aromatic heterocycles. The fourth-order valence-corrected chi connectivity index (χ4v) is 3.69. The number of benzene rings is 1. The molecule has 6 nitrogen and oxygen atoms in total. The Kier molecular flexibility index (Phi) is 6.59. The number of nitrogens with zero attached hydrogens (tertiary/aromatic N) is 4. The van der Waals surface area contributed by atoms with Crippen molar-refractivity contribution in [2.24, 2.45) is 0 Å². The molecule has 0 radical (unpaired) electrons. The normalized spacial score (nSPS) is 11.5. The first kappa shape index (κ1) is 21.3. The molecule has 0 spiro atoms. The fraction of sp³-hybridized carbons (Fsp3) is 0.333. The molecule has 0 saturated carbocycles. The highest BCUT2D eigenvalue weighted by Gasteiger charge is 2.17. The number of pyridine rings is 1. The Morgan fingerprint density at radius 2 is 1.86 bits per heavy atom. The molecular weight excluding hydrogens is 406 g/mol. The molecule has 0 atom stereocenters. The first-order valence-corrected chi connectivity index (χ1v) is 10.7. The third kappa shape index (κ3) is 5.36. The molecule has 8 heteroatoms. The minimum absolute atomic E-state index is 0.101. The lowest BCUT2D eigenvalue weighted by Gasteiger charge is -2.19. The van der Waals surface area contributed by atoms with E-state index in [0.29, 0.717) is 22.5 Å². The fourth-order valence-electron chi connectivity index (χ4n) is 2.77. The van der Waals surface area contributed by atoms with Crippen molar-refractivity contribution in [3.63, 3.8) is 0 Å². The van der Waals surface area contributed by atoms with Crippen molar-refractivity contribution in [1.29, 1.82) is 0 Å². The number of anilines is 1. The summed E-state index contributed by atoms with van der Waals surface area (Å²) in [6.45, 7) is 9.33. The van der Waals surface area contributed by atoms with Crippen LogP contribution in [-0.2, 0) is 16.8 Å². The van der Waals surface area contributed by atoms with E-state index in [9.17, 15) is 4.79 Å². The van der Waals surface area contributed by atoms with Gasteiger partial charge in [0.2, 0.25) is 5.91 Å². The maximum absolute atomic E-state index is 12.2. The Morgan fingerprint density at radius 3 is 2.45 bits per heavy atom. The van der Waals surface area contributed by atoms with E-state index < -0.39 is 0 Å². The Hall–Kier alpha value is -2.38. The number of rotatable bonds is 6. The number of hydrogen-bond acceptors (Lipinski definition) is 5. The van der Waals surface area contributed by atoms with Gasteiger partial charge in [0, 0.05) is 18.3 Å². The highest BCUT2D eigenvalue weighted by molar-refractivity contribution is 7.99. The summed E-state index contributed by atoms with van der Waals surface area (Å²) in [5, 5.41) is 12.6. The van der Waals surface area contributed by atoms with E-state index in [0.717, 1.165) is 11.4 Å². The largest absolute Gasteiger partial charge is 0.310 e. The van der Waals surface area contributed by atoms with Crippen molar-refractivity contribution < 1.29 is 4.79 Å². The van der Waals surface area contributed by atoms with Crippen LogP contribution in [0.25, 0.3) is 11.4 Å². The monoisotopic (exact) mass is 429 g/mol. The quantitative estimate of drug-likeness (QED) is 0.555. The average Bonchev–Trinajstić information content (AvgIpc) is 3.10. The van der Waals surface area contributed by atoms with Gasteiger partial charge < -0.3 is 9.88 Å². The number of halogens is 1. The van der Waals surface area contributed by atoms with Gasteiger partial charge >= 0.3 is 0 Å². The molecule has 3 aromatic rings. The number of carbonyl (C=O) groups excluding carboxylic acids is 1. The zero-order valence-corrected chi connectivity index (χ0v) is 18.5. The van der Waals surface area contributed by atoms with E-state index in [1.807, 2.05) is 11.5 Å². The van der Waals surface area contributed by atoms with Crippen LogP contribution in [0.3, 0.4) is 0 Å². The Labute approximate surface area is 180 Å². The van der Waals surface area contributed by atoms with Crippen LogP contribution in [0.1, 0.15) is 33.3 Å². The average molecular weight is 430 g/mol. The standard InChI is InChI=1S/C21H24ClN5OS/c1-5-27-19(14-6-8-15(9-7-14)21(2,3)4)25-26-20(27)29-13-18(28)24-17-11-10-16(22)12-23-17/h6-12H,5,13H2,1-4H3,(H,23,24,28). The van der Waals surface area contributed by atoms with Crippen molar-refractivity contribution in [3.8, 4) is 11.4 Å². The minimum atomic E-state index is -0.161. The molecule has 3 rings (SSSR count). The second-order valence-corrected chi connectivity index (χ2v) is 8.96. The first-order chi connectivity index (χ1) is 13.8. The highest BCUT2D eigenvalue weighted by atomic mass is 35.5. The Morgan fingerprint density at radius 1 is 1.14 bits per heavy atom. The maximum Gasteiger partial charge on any atom is 0.236 e. The number of amides is 1. The van der Waals surface area contributed by atoms with Crippen molar-refractivity contribution in [2.75, 3.05) is 11.1 Å². The number of nitrogens with one attached hydrogen (secondary N) is 1. The smallest absolute Gasteiger partial charge is 0.236 e. The molecule has 2 heterocycles. The number of thioether (sulfide) groups is 1. The van der Waals surface area contributed by atoms with Crippen LogP contribution in [0.15, 0.2) is 47.8 Å². The maximum atomic E-state index is 12.2. The lowest BCUT2D eigenvalue weighted by molar-refractivity contribution is -0.113. The van der Waals surface area contributed by atoms with E-state index in [1.165, 1.54) is 23.5 Å². The topological polar surface area (TPSA) is 72.7 Å². The third-order valence-corrected chi connectivity index (χ3v) is 5.56. The summed E-state index contributed by atoms with van der Waals surface area (Å²) in [5.41, 5.74) is 2.38. The predicted molar refractivity (Wildman–Crippen MR) is 118 cm³/mol. The van der Waals surface area contributed by atoms with Gasteiger partial charge in [0.15, 0.2) is 11.0 Å². The van der Waals surface area contributed by atoms with Gasteiger partial charge in [0.05, 0.1) is 10.8 Å². The zero-order valence-electron chi connectivity index (χ0n) is 16.9. The SMILES string of the molecule is CCn1c(SCC(=O)Nc2ccc(Cl)cn2)nnc1-c1ccc(C(C)(C)C)cc1. The van der Waals surface area contributed by atoms with Crippen molar-refractivity contribution in [2.45, 2.75) is 44.8 Å². The highest BCUT2D eigenvalue weighted by Crippen LogP contribution is 2.27. The molecule has 0 aliphatic rings. The van der Waals surface area contributed by atoms with E-state index in [-0.39, 0.29) is 17.1 Å². The summed E-state index contributed by atoms with van der Waals surface area (Å²) < 4.78 is 2.02. The molecule has 152 valence electrons. The lowest BCUT2D eigenvalue weighted by Crippen LogP contribution is -2.15. The van der Waals surface area contributed by atoms with Gasteiger partial charge in [-0.3, -0.25) is 4.79 Å². The summed E-state index contributed by atoms with van der Waals surface area (Å²) in [4.78, 5) is 16.3. The Bertz CT molecular complexity index is 978. The summed E-state index contributed by atoms with van der Waals surface area (Å²) in [5.74, 6) is 1.32. The van der Waals surface area contributed by atoms with E-state index >= 15 is 0 Å². The second kappa shape index (κ2) is 8.97. The van der Waals surface area contributed by atoms with Gasteiger partial charge in [0.25, 0.3) is 0 Å². The van der Waals surface area contributed by atoms with Gasteiger partial charge in [-0.1, -0.05) is 68.4 Å². The van der Waals surface area contributed by atoms with Gasteiger partial charge in [0.1, 0.15) is 5.82 Å². The number of carbonyl (C=O) groups is 1. The van der Waals surface area contributed by atoms with Crippen LogP contribution in [0.5, 0.6) is 0 Å². The van der Waals surface area contributed by atoms with Gasteiger partial charge in [-0.25, -0.2) is 4.98 Å². The summed E-state index contributed by atoms with van der Waals surface area (Å²) in [6, 6.07) is 11.8. The summed E-state index contributed by atoms with van der Waals surface area (Å²) in [6.07, 6.45) is 1.50. The van der Waals surface area contributed by atoms with Crippen LogP contribution >= 0.6 is 23.4 Å². The summed E-state index contributed by atoms with van der Waals surface area (Å²) >= 11 is 7.16. The van der Waals surface area contributed by atoms with E-state index in [4.69, 9.17) is 11.6 Å². The molecule has 0 fully saturated rings. The number of hydrogen-bond donors (Lipinski definition) is 1. The molecule has 1 amide bonds. The van der Waals surface area contributed by atoms with Gasteiger partial charge in [-0.15, -0.1) is 10.2 Å². The van der Waals surface area contributed by atoms with Crippen molar-refractivity contribution in [3.05, 3.63) is 53.2 Å². The molecule has 0 aliphatic carbocycles. The van der Waals surface area contributed by atoms with Crippen LogP contribution < -0.4 is 5.32 Å².